The van der Waals surface area contributed by atoms with Gasteiger partial charge >= 0.3 is 0 Å². The first-order valence-electron chi connectivity index (χ1n) is 7.96. The number of rotatable bonds is 8. The molecule has 0 unspecified atom stereocenters. The van der Waals surface area contributed by atoms with E-state index in [1.54, 1.807) is 0 Å². The number of aromatic nitrogens is 1. The lowest BCUT2D eigenvalue weighted by Crippen LogP contribution is -2.19. The van der Waals surface area contributed by atoms with Gasteiger partial charge in [0, 0.05) is 11.8 Å². The molecule has 108 valence electrons. The lowest BCUT2D eigenvalue weighted by molar-refractivity contribution is 0.315. The smallest absolute Gasteiger partial charge is 0.194 e. The molecule has 1 aliphatic rings. The Balaban J connectivity index is 1.84. The highest BCUT2D eigenvalue weighted by atomic mass is 16.4. The molecule has 0 spiro atoms. The Bertz CT molecular complexity index is 367. The van der Waals surface area contributed by atoms with Crippen LogP contribution in [0, 0.1) is 0 Å². The van der Waals surface area contributed by atoms with Crippen molar-refractivity contribution < 1.29 is 4.42 Å². The average Bonchev–Trinajstić information content (AvgIpc) is 3.08. The van der Waals surface area contributed by atoms with Crippen LogP contribution in [0.4, 0.5) is 0 Å². The summed E-state index contributed by atoms with van der Waals surface area (Å²) in [5.41, 5.74) is 0.297. The Morgan fingerprint density at radius 1 is 1.26 bits per heavy atom. The van der Waals surface area contributed by atoms with E-state index in [2.05, 4.69) is 24.1 Å². The highest BCUT2D eigenvalue weighted by Gasteiger charge is 2.37. The Morgan fingerprint density at radius 3 is 2.74 bits per heavy atom. The van der Waals surface area contributed by atoms with Crippen LogP contribution in [0.1, 0.15) is 70.4 Å². The summed E-state index contributed by atoms with van der Waals surface area (Å²) in [5.74, 6) is 2.07. The number of aryl methyl sites for hydroxylation is 1. The van der Waals surface area contributed by atoms with E-state index in [0.29, 0.717) is 5.41 Å². The monoisotopic (exact) mass is 264 g/mol. The van der Waals surface area contributed by atoms with Crippen LogP contribution in [-0.4, -0.2) is 18.1 Å². The lowest BCUT2D eigenvalue weighted by Gasteiger charge is -2.23. The molecule has 1 heterocycles. The molecule has 1 fully saturated rings. The first-order valence-corrected chi connectivity index (χ1v) is 7.96. The maximum absolute atomic E-state index is 6.03. The molecule has 1 saturated carbocycles. The third-order valence-electron chi connectivity index (χ3n) is 4.48. The van der Waals surface area contributed by atoms with Crippen LogP contribution in [0.3, 0.4) is 0 Å². The minimum Gasteiger partial charge on any atom is -0.445 e. The molecule has 1 N–H and O–H groups in total. The Hall–Kier alpha value is -0.830. The molecule has 3 heteroatoms. The molecule has 3 nitrogen and oxygen atoms in total. The zero-order chi connectivity index (χ0) is 13.6. The van der Waals surface area contributed by atoms with Crippen molar-refractivity contribution in [3.05, 3.63) is 17.8 Å². The summed E-state index contributed by atoms with van der Waals surface area (Å²) in [6.45, 7) is 6.64. The first kappa shape index (κ1) is 14.6. The van der Waals surface area contributed by atoms with E-state index in [9.17, 15) is 0 Å². The van der Waals surface area contributed by atoms with Gasteiger partial charge in [-0.05, 0) is 45.2 Å². The van der Waals surface area contributed by atoms with Crippen LogP contribution in [0.2, 0.25) is 0 Å². The van der Waals surface area contributed by atoms with Gasteiger partial charge in [-0.15, -0.1) is 0 Å². The van der Waals surface area contributed by atoms with Gasteiger partial charge in [0.2, 0.25) is 0 Å². The fraction of sp³-hybridized carbons (Fsp3) is 0.812. The molecule has 0 aliphatic heterocycles. The minimum atomic E-state index is 0.297. The van der Waals surface area contributed by atoms with Crippen LogP contribution < -0.4 is 5.32 Å². The maximum atomic E-state index is 6.03. The van der Waals surface area contributed by atoms with Crippen molar-refractivity contribution in [2.45, 2.75) is 70.6 Å². The standard InChI is InChI=1S/C16H28N2O/c1-3-11-17-12-7-8-15-18-13-14(19-15)16(4-2)9-5-6-10-16/h13,17H,3-12H2,1-2H3. The predicted molar refractivity (Wildman–Crippen MR) is 78.4 cm³/mol. The number of nitrogens with zero attached hydrogens (tertiary/aromatic N) is 1. The van der Waals surface area contributed by atoms with Crippen molar-refractivity contribution in [1.29, 1.82) is 0 Å². The van der Waals surface area contributed by atoms with Crippen LogP contribution >= 0.6 is 0 Å². The Morgan fingerprint density at radius 2 is 2.05 bits per heavy atom. The molecule has 1 aromatic heterocycles. The molecule has 2 rings (SSSR count). The molecule has 19 heavy (non-hydrogen) atoms. The second-order valence-corrected chi connectivity index (χ2v) is 5.81. The fourth-order valence-corrected chi connectivity index (χ4v) is 3.16. The van der Waals surface area contributed by atoms with Gasteiger partial charge in [0.1, 0.15) is 5.76 Å². The van der Waals surface area contributed by atoms with Gasteiger partial charge in [-0.2, -0.15) is 0 Å². The van der Waals surface area contributed by atoms with Gasteiger partial charge in [0.25, 0.3) is 0 Å². The Kier molecular flexibility index (Phi) is 5.44. The van der Waals surface area contributed by atoms with Gasteiger partial charge in [0.05, 0.1) is 6.20 Å². The normalized spacial score (nSPS) is 18.0. The van der Waals surface area contributed by atoms with Crippen LogP contribution in [-0.2, 0) is 11.8 Å². The maximum Gasteiger partial charge on any atom is 0.194 e. The summed E-state index contributed by atoms with van der Waals surface area (Å²) in [6.07, 6.45) is 11.7. The van der Waals surface area contributed by atoms with E-state index in [1.165, 1.54) is 38.5 Å². The van der Waals surface area contributed by atoms with Crippen molar-refractivity contribution in [3.63, 3.8) is 0 Å². The first-order chi connectivity index (χ1) is 9.30. The summed E-state index contributed by atoms with van der Waals surface area (Å²) < 4.78 is 6.03. The summed E-state index contributed by atoms with van der Waals surface area (Å²) >= 11 is 0. The number of oxazole rings is 1. The largest absolute Gasteiger partial charge is 0.445 e. The van der Waals surface area contributed by atoms with Crippen LogP contribution in [0.15, 0.2) is 10.6 Å². The van der Waals surface area contributed by atoms with E-state index in [0.717, 1.165) is 37.6 Å². The molecule has 1 aromatic rings. The molecule has 0 saturated heterocycles. The summed E-state index contributed by atoms with van der Waals surface area (Å²) in [5, 5.41) is 3.42. The van der Waals surface area contributed by atoms with Crippen molar-refractivity contribution >= 4 is 0 Å². The number of nitrogens with one attached hydrogen (secondary N) is 1. The molecule has 0 bridgehead atoms. The molecule has 0 radical (unpaired) electrons. The van der Waals surface area contributed by atoms with E-state index in [1.807, 2.05) is 6.20 Å². The quantitative estimate of drug-likeness (QED) is 0.725. The van der Waals surface area contributed by atoms with Gasteiger partial charge < -0.3 is 9.73 Å². The number of hydrogen-bond acceptors (Lipinski definition) is 3. The number of hydrogen-bond donors (Lipinski definition) is 1. The molecule has 0 aromatic carbocycles. The molecule has 0 amide bonds. The van der Waals surface area contributed by atoms with Crippen molar-refractivity contribution in [1.82, 2.24) is 10.3 Å². The zero-order valence-corrected chi connectivity index (χ0v) is 12.5. The second-order valence-electron chi connectivity index (χ2n) is 5.81. The Labute approximate surface area is 117 Å². The van der Waals surface area contributed by atoms with E-state index < -0.39 is 0 Å². The molecule has 0 atom stereocenters. The van der Waals surface area contributed by atoms with Gasteiger partial charge in [-0.3, -0.25) is 0 Å². The van der Waals surface area contributed by atoms with Crippen molar-refractivity contribution in [3.8, 4) is 0 Å². The SMILES string of the molecule is CCCNCCCc1ncc(C2(CC)CCCC2)o1. The summed E-state index contributed by atoms with van der Waals surface area (Å²) in [6, 6.07) is 0. The average molecular weight is 264 g/mol. The van der Waals surface area contributed by atoms with E-state index in [4.69, 9.17) is 4.42 Å². The molecule has 1 aliphatic carbocycles. The third kappa shape index (κ3) is 3.59. The van der Waals surface area contributed by atoms with Crippen molar-refractivity contribution in [2.75, 3.05) is 13.1 Å². The van der Waals surface area contributed by atoms with Crippen LogP contribution in [0.5, 0.6) is 0 Å². The topological polar surface area (TPSA) is 38.1 Å². The van der Waals surface area contributed by atoms with Gasteiger partial charge in [0.15, 0.2) is 5.89 Å². The highest BCUT2D eigenvalue weighted by Crippen LogP contribution is 2.43. The summed E-state index contributed by atoms with van der Waals surface area (Å²) in [7, 11) is 0. The molecular formula is C16H28N2O. The third-order valence-corrected chi connectivity index (χ3v) is 4.48. The lowest BCUT2D eigenvalue weighted by atomic mass is 9.81. The van der Waals surface area contributed by atoms with E-state index >= 15 is 0 Å². The predicted octanol–water partition coefficient (Wildman–Crippen LogP) is 3.83. The highest BCUT2D eigenvalue weighted by molar-refractivity contribution is 5.13. The van der Waals surface area contributed by atoms with Gasteiger partial charge in [-0.25, -0.2) is 4.98 Å². The minimum absolute atomic E-state index is 0.297. The van der Waals surface area contributed by atoms with E-state index in [-0.39, 0.29) is 0 Å². The molecular weight excluding hydrogens is 236 g/mol. The van der Waals surface area contributed by atoms with Crippen LogP contribution in [0.25, 0.3) is 0 Å². The zero-order valence-electron chi connectivity index (χ0n) is 12.5. The van der Waals surface area contributed by atoms with Gasteiger partial charge in [-0.1, -0.05) is 26.7 Å². The second kappa shape index (κ2) is 7.09. The fourth-order valence-electron chi connectivity index (χ4n) is 3.16. The van der Waals surface area contributed by atoms with Crippen molar-refractivity contribution in [2.24, 2.45) is 0 Å². The summed E-state index contributed by atoms with van der Waals surface area (Å²) in [4.78, 5) is 4.48.